The smallest absolute Gasteiger partial charge is 0.0849 e. The number of hydrogen-bond donors (Lipinski definition) is 1. The molecule has 0 saturated carbocycles. The molecule has 1 N–H and O–H groups in total. The maximum atomic E-state index is 5.55. The molecular weight excluding hydrogens is 254 g/mol. The van der Waals surface area contributed by atoms with E-state index in [2.05, 4.69) is 47.2 Å². The number of methoxy groups -OCH3 is 1. The van der Waals surface area contributed by atoms with Crippen molar-refractivity contribution in [1.82, 2.24) is 5.32 Å². The van der Waals surface area contributed by atoms with Crippen LogP contribution in [0.25, 0.3) is 0 Å². The molecule has 1 aliphatic carbocycles. The van der Waals surface area contributed by atoms with E-state index in [0.717, 1.165) is 10.9 Å². The Labute approximate surface area is 99.2 Å². The Kier molecular flexibility index (Phi) is 2.77. The average molecular weight is 270 g/mol. The highest BCUT2D eigenvalue weighted by atomic mass is 79.9. The molecule has 1 unspecified atom stereocenters. The minimum Gasteiger partial charge on any atom is -0.377 e. The number of allylic oxidation sites excluding steroid dienone is 3. The summed E-state index contributed by atoms with van der Waals surface area (Å²) in [5.74, 6) is 0. The van der Waals surface area contributed by atoms with Gasteiger partial charge in [-0.3, -0.25) is 0 Å². The summed E-state index contributed by atoms with van der Waals surface area (Å²) < 4.78 is 6.61. The third-order valence-electron chi connectivity index (χ3n) is 2.85. The highest BCUT2D eigenvalue weighted by Crippen LogP contribution is 2.38. The quantitative estimate of drug-likeness (QED) is 0.790. The molecule has 0 aromatic carbocycles. The van der Waals surface area contributed by atoms with Gasteiger partial charge in [-0.15, -0.1) is 0 Å². The van der Waals surface area contributed by atoms with Crippen LogP contribution in [0, 0.1) is 5.41 Å². The standard InChI is InChI=1S/C12H16BrNO/c1-12(2)5-10-9(11(6-12)15-3)4-8(13)7-14-10/h4-5,7,11,14H,6H2,1-3H3. The zero-order chi connectivity index (χ0) is 11.1. The van der Waals surface area contributed by atoms with Gasteiger partial charge in [-0.05, 0) is 33.8 Å². The molecule has 0 aromatic heterocycles. The zero-order valence-corrected chi connectivity index (χ0v) is 10.9. The minimum absolute atomic E-state index is 0.189. The minimum atomic E-state index is 0.189. The van der Waals surface area contributed by atoms with E-state index in [0.29, 0.717) is 0 Å². The van der Waals surface area contributed by atoms with Crippen LogP contribution in [0.2, 0.25) is 0 Å². The summed E-state index contributed by atoms with van der Waals surface area (Å²) in [5.41, 5.74) is 2.62. The SMILES string of the molecule is COC1CC(C)(C)C=C2NC=C(Br)C=C21. The van der Waals surface area contributed by atoms with Gasteiger partial charge in [0, 0.05) is 29.1 Å². The Bertz CT molecular complexity index is 366. The highest BCUT2D eigenvalue weighted by Gasteiger charge is 2.32. The second kappa shape index (κ2) is 3.80. The Hall–Kier alpha value is -0.540. The molecule has 2 rings (SSSR count). The monoisotopic (exact) mass is 269 g/mol. The van der Waals surface area contributed by atoms with Crippen molar-refractivity contribution in [3.63, 3.8) is 0 Å². The Morgan fingerprint density at radius 3 is 2.93 bits per heavy atom. The first-order valence-electron chi connectivity index (χ1n) is 5.12. The van der Waals surface area contributed by atoms with E-state index in [9.17, 15) is 0 Å². The lowest BCUT2D eigenvalue weighted by Crippen LogP contribution is -2.33. The topological polar surface area (TPSA) is 21.3 Å². The maximum Gasteiger partial charge on any atom is 0.0849 e. The summed E-state index contributed by atoms with van der Waals surface area (Å²) in [4.78, 5) is 0. The number of rotatable bonds is 1. The molecule has 0 spiro atoms. The van der Waals surface area contributed by atoms with E-state index in [1.165, 1.54) is 11.3 Å². The van der Waals surface area contributed by atoms with E-state index in [1.807, 2.05) is 6.20 Å². The van der Waals surface area contributed by atoms with Gasteiger partial charge < -0.3 is 10.1 Å². The van der Waals surface area contributed by atoms with Crippen LogP contribution in [0.15, 0.2) is 34.1 Å². The first-order valence-corrected chi connectivity index (χ1v) is 5.91. The molecule has 1 heterocycles. The second-order valence-electron chi connectivity index (χ2n) is 4.75. The highest BCUT2D eigenvalue weighted by molar-refractivity contribution is 9.11. The molecule has 1 atom stereocenters. The van der Waals surface area contributed by atoms with Gasteiger partial charge in [0.05, 0.1) is 6.10 Å². The molecule has 2 aliphatic rings. The van der Waals surface area contributed by atoms with Crippen molar-refractivity contribution in [1.29, 1.82) is 0 Å². The van der Waals surface area contributed by atoms with E-state index in [4.69, 9.17) is 4.74 Å². The lowest BCUT2D eigenvalue weighted by Gasteiger charge is -2.36. The van der Waals surface area contributed by atoms with Crippen molar-refractivity contribution < 1.29 is 4.74 Å². The van der Waals surface area contributed by atoms with Crippen molar-refractivity contribution >= 4 is 15.9 Å². The zero-order valence-electron chi connectivity index (χ0n) is 9.30. The second-order valence-corrected chi connectivity index (χ2v) is 5.66. The van der Waals surface area contributed by atoms with Crippen LogP contribution >= 0.6 is 15.9 Å². The van der Waals surface area contributed by atoms with E-state index < -0.39 is 0 Å². The van der Waals surface area contributed by atoms with Crippen LogP contribution in [0.4, 0.5) is 0 Å². The Morgan fingerprint density at radius 1 is 1.53 bits per heavy atom. The van der Waals surface area contributed by atoms with Crippen molar-refractivity contribution in [2.45, 2.75) is 26.4 Å². The van der Waals surface area contributed by atoms with Crippen LogP contribution in [0.1, 0.15) is 20.3 Å². The number of hydrogen-bond acceptors (Lipinski definition) is 2. The van der Waals surface area contributed by atoms with Crippen LogP contribution in [0.3, 0.4) is 0 Å². The number of fused-ring (bicyclic) bond motifs is 1. The fourth-order valence-corrected chi connectivity index (χ4v) is 2.50. The molecule has 0 radical (unpaired) electrons. The van der Waals surface area contributed by atoms with Crippen LogP contribution in [-0.4, -0.2) is 13.2 Å². The van der Waals surface area contributed by atoms with Crippen molar-refractivity contribution in [3.8, 4) is 0 Å². The normalized spacial score (nSPS) is 28.3. The van der Waals surface area contributed by atoms with Crippen LogP contribution in [0.5, 0.6) is 0 Å². The summed E-state index contributed by atoms with van der Waals surface area (Å²) >= 11 is 3.47. The predicted octanol–water partition coefficient (Wildman–Crippen LogP) is 3.08. The van der Waals surface area contributed by atoms with E-state index in [-0.39, 0.29) is 11.5 Å². The Balaban J connectivity index is 2.40. The van der Waals surface area contributed by atoms with Gasteiger partial charge in [-0.2, -0.15) is 0 Å². The van der Waals surface area contributed by atoms with Crippen molar-refractivity contribution in [2.24, 2.45) is 5.41 Å². The fourth-order valence-electron chi connectivity index (χ4n) is 2.14. The first-order chi connectivity index (χ1) is 7.02. The number of nitrogens with one attached hydrogen (secondary N) is 1. The lowest BCUT2D eigenvalue weighted by atomic mass is 9.77. The Morgan fingerprint density at radius 2 is 2.27 bits per heavy atom. The molecule has 0 saturated heterocycles. The van der Waals surface area contributed by atoms with Crippen molar-refractivity contribution in [2.75, 3.05) is 7.11 Å². The summed E-state index contributed by atoms with van der Waals surface area (Å²) in [6.07, 6.45) is 7.59. The molecule has 0 bridgehead atoms. The van der Waals surface area contributed by atoms with Gasteiger partial charge in [-0.25, -0.2) is 0 Å². The molecule has 1 aliphatic heterocycles. The molecule has 0 aromatic rings. The molecule has 15 heavy (non-hydrogen) atoms. The molecule has 82 valence electrons. The summed E-state index contributed by atoms with van der Waals surface area (Å²) in [7, 11) is 1.77. The number of dihydropyridines is 1. The number of ether oxygens (including phenoxy) is 1. The lowest BCUT2D eigenvalue weighted by molar-refractivity contribution is 0.0949. The van der Waals surface area contributed by atoms with E-state index in [1.54, 1.807) is 7.11 Å². The average Bonchev–Trinajstić information content (AvgIpc) is 2.16. The van der Waals surface area contributed by atoms with Crippen LogP contribution < -0.4 is 5.32 Å². The first kappa shape index (κ1) is 11.0. The van der Waals surface area contributed by atoms with Gasteiger partial charge >= 0.3 is 0 Å². The van der Waals surface area contributed by atoms with Crippen LogP contribution in [-0.2, 0) is 4.74 Å². The third-order valence-corrected chi connectivity index (χ3v) is 3.31. The summed E-state index contributed by atoms with van der Waals surface area (Å²) in [6.45, 7) is 4.47. The summed E-state index contributed by atoms with van der Waals surface area (Å²) in [6, 6.07) is 0. The van der Waals surface area contributed by atoms with Gasteiger partial charge in [0.15, 0.2) is 0 Å². The molecule has 3 heteroatoms. The fraction of sp³-hybridized carbons (Fsp3) is 0.500. The van der Waals surface area contributed by atoms with E-state index >= 15 is 0 Å². The van der Waals surface area contributed by atoms with Gasteiger partial charge in [-0.1, -0.05) is 19.9 Å². The predicted molar refractivity (Wildman–Crippen MR) is 65.5 cm³/mol. The van der Waals surface area contributed by atoms with Gasteiger partial charge in [0.2, 0.25) is 0 Å². The molecule has 2 nitrogen and oxygen atoms in total. The van der Waals surface area contributed by atoms with Crippen molar-refractivity contribution in [3.05, 3.63) is 34.1 Å². The molecule has 0 amide bonds. The largest absolute Gasteiger partial charge is 0.377 e. The van der Waals surface area contributed by atoms with Gasteiger partial charge in [0.25, 0.3) is 0 Å². The maximum absolute atomic E-state index is 5.55. The molecule has 0 fully saturated rings. The number of halogens is 1. The third kappa shape index (κ3) is 2.18. The van der Waals surface area contributed by atoms with Gasteiger partial charge in [0.1, 0.15) is 0 Å². The summed E-state index contributed by atoms with van der Waals surface area (Å²) in [5, 5.41) is 3.29. The molecular formula is C12H16BrNO.